The molecule has 1 N–H and O–H groups in total. The van der Waals surface area contributed by atoms with E-state index in [1.165, 1.54) is 0 Å². The molecule has 0 saturated carbocycles. The monoisotopic (exact) mass is 186 g/mol. The van der Waals surface area contributed by atoms with E-state index in [1.807, 2.05) is 24.3 Å². The number of hydrogen-bond donors (Lipinski definition) is 1. The molecule has 2 rings (SSSR count). The Bertz CT molecular complexity index is 453. The summed E-state index contributed by atoms with van der Waals surface area (Å²) in [4.78, 5) is 4.28. The molecule has 1 aromatic carbocycles. The van der Waals surface area contributed by atoms with Crippen LogP contribution in [0.4, 0.5) is 5.95 Å². The highest BCUT2D eigenvalue weighted by molar-refractivity contribution is 5.73. The van der Waals surface area contributed by atoms with Gasteiger partial charge in [-0.2, -0.15) is 0 Å². The Morgan fingerprint density at radius 3 is 2.79 bits per heavy atom. The van der Waals surface area contributed by atoms with E-state index in [2.05, 4.69) is 27.1 Å². The second-order valence-corrected chi connectivity index (χ2v) is 2.79. The van der Waals surface area contributed by atoms with Crippen molar-refractivity contribution in [2.45, 2.75) is 0 Å². The molecule has 70 valence electrons. The maximum atomic E-state index is 4.28. The predicted molar refractivity (Wildman–Crippen MR) is 56.0 cm³/mol. The van der Waals surface area contributed by atoms with Gasteiger partial charge in [-0.15, -0.1) is 16.8 Å². The summed E-state index contributed by atoms with van der Waals surface area (Å²) >= 11 is 0. The summed E-state index contributed by atoms with van der Waals surface area (Å²) in [5.41, 5.74) is 1.64. The molecule has 1 aromatic heterocycles. The van der Waals surface area contributed by atoms with Gasteiger partial charge in [0.2, 0.25) is 5.95 Å². The van der Waals surface area contributed by atoms with E-state index in [1.54, 1.807) is 6.08 Å². The SMILES string of the molecule is C=CCNc1nnc2ccccc2n1. The molecule has 0 spiro atoms. The second kappa shape index (κ2) is 3.83. The molecule has 0 bridgehead atoms. The summed E-state index contributed by atoms with van der Waals surface area (Å²) in [5.74, 6) is 0.531. The van der Waals surface area contributed by atoms with E-state index in [0.29, 0.717) is 12.5 Å². The zero-order valence-corrected chi connectivity index (χ0v) is 7.64. The van der Waals surface area contributed by atoms with Crippen molar-refractivity contribution in [3.8, 4) is 0 Å². The fourth-order valence-corrected chi connectivity index (χ4v) is 1.12. The molecule has 0 aliphatic carbocycles. The lowest BCUT2D eigenvalue weighted by molar-refractivity contribution is 1.01. The minimum atomic E-state index is 0.531. The Balaban J connectivity index is 2.36. The maximum Gasteiger partial charge on any atom is 0.243 e. The first-order valence-corrected chi connectivity index (χ1v) is 4.34. The van der Waals surface area contributed by atoms with Crippen LogP contribution in [0, 0.1) is 0 Å². The molecule has 2 aromatic rings. The zero-order chi connectivity index (χ0) is 9.80. The molecule has 0 unspecified atom stereocenters. The average molecular weight is 186 g/mol. The molecule has 0 radical (unpaired) electrons. The Morgan fingerprint density at radius 2 is 2.00 bits per heavy atom. The topological polar surface area (TPSA) is 50.7 Å². The molecule has 0 amide bonds. The Morgan fingerprint density at radius 1 is 1.21 bits per heavy atom. The Labute approximate surface area is 81.7 Å². The molecule has 4 heteroatoms. The molecule has 4 nitrogen and oxygen atoms in total. The third-order valence-electron chi connectivity index (χ3n) is 1.77. The number of benzene rings is 1. The van der Waals surface area contributed by atoms with Gasteiger partial charge in [-0.3, -0.25) is 0 Å². The zero-order valence-electron chi connectivity index (χ0n) is 7.64. The second-order valence-electron chi connectivity index (χ2n) is 2.79. The molecular weight excluding hydrogens is 176 g/mol. The van der Waals surface area contributed by atoms with Crippen LogP contribution in [-0.4, -0.2) is 21.7 Å². The van der Waals surface area contributed by atoms with Crippen LogP contribution in [0.5, 0.6) is 0 Å². The smallest absolute Gasteiger partial charge is 0.243 e. The van der Waals surface area contributed by atoms with Gasteiger partial charge >= 0.3 is 0 Å². The van der Waals surface area contributed by atoms with E-state index < -0.39 is 0 Å². The molecule has 0 aliphatic rings. The minimum Gasteiger partial charge on any atom is -0.349 e. The molecule has 0 saturated heterocycles. The van der Waals surface area contributed by atoms with E-state index in [-0.39, 0.29) is 0 Å². The van der Waals surface area contributed by atoms with Crippen molar-refractivity contribution in [3.05, 3.63) is 36.9 Å². The van der Waals surface area contributed by atoms with Gasteiger partial charge in [0, 0.05) is 6.54 Å². The third-order valence-corrected chi connectivity index (χ3v) is 1.77. The number of anilines is 1. The van der Waals surface area contributed by atoms with Gasteiger partial charge in [0.15, 0.2) is 0 Å². The quantitative estimate of drug-likeness (QED) is 0.740. The van der Waals surface area contributed by atoms with Crippen molar-refractivity contribution in [2.75, 3.05) is 11.9 Å². The average Bonchev–Trinajstić information content (AvgIpc) is 2.26. The molecule has 0 fully saturated rings. The molecule has 1 heterocycles. The first-order chi connectivity index (χ1) is 6.90. The number of hydrogen-bond acceptors (Lipinski definition) is 4. The van der Waals surface area contributed by atoms with Crippen LogP contribution in [0.15, 0.2) is 36.9 Å². The third kappa shape index (κ3) is 1.69. The van der Waals surface area contributed by atoms with Crippen LogP contribution in [0.1, 0.15) is 0 Å². The lowest BCUT2D eigenvalue weighted by Crippen LogP contribution is -2.04. The summed E-state index contributed by atoms with van der Waals surface area (Å²) in [5, 5.41) is 10.9. The van der Waals surface area contributed by atoms with Gasteiger partial charge in [-0.1, -0.05) is 18.2 Å². The van der Waals surface area contributed by atoms with Crippen molar-refractivity contribution in [1.29, 1.82) is 0 Å². The fourth-order valence-electron chi connectivity index (χ4n) is 1.12. The van der Waals surface area contributed by atoms with Crippen LogP contribution in [-0.2, 0) is 0 Å². The number of fused-ring (bicyclic) bond motifs is 1. The van der Waals surface area contributed by atoms with Crippen molar-refractivity contribution < 1.29 is 0 Å². The summed E-state index contributed by atoms with van der Waals surface area (Å²) in [6.07, 6.45) is 1.75. The predicted octanol–water partition coefficient (Wildman–Crippen LogP) is 1.62. The fraction of sp³-hybridized carbons (Fsp3) is 0.100. The summed E-state index contributed by atoms with van der Waals surface area (Å²) in [7, 11) is 0. The highest BCUT2D eigenvalue weighted by atomic mass is 15.2. The van der Waals surface area contributed by atoms with E-state index >= 15 is 0 Å². The summed E-state index contributed by atoms with van der Waals surface area (Å²) in [6.45, 7) is 4.24. The first kappa shape index (κ1) is 8.62. The van der Waals surface area contributed by atoms with Crippen LogP contribution < -0.4 is 5.32 Å². The van der Waals surface area contributed by atoms with Gasteiger partial charge in [-0.05, 0) is 12.1 Å². The van der Waals surface area contributed by atoms with E-state index in [0.717, 1.165) is 11.0 Å². The first-order valence-electron chi connectivity index (χ1n) is 4.34. The summed E-state index contributed by atoms with van der Waals surface area (Å²) in [6, 6.07) is 7.62. The Kier molecular flexibility index (Phi) is 2.36. The van der Waals surface area contributed by atoms with Crippen LogP contribution in [0.3, 0.4) is 0 Å². The highest BCUT2D eigenvalue weighted by Gasteiger charge is 1.98. The molecule has 0 atom stereocenters. The van der Waals surface area contributed by atoms with Crippen LogP contribution >= 0.6 is 0 Å². The lowest BCUT2D eigenvalue weighted by Gasteiger charge is -2.00. The highest BCUT2D eigenvalue weighted by Crippen LogP contribution is 2.08. The standard InChI is InChI=1S/C10H10N4/c1-2-7-11-10-12-8-5-3-4-6-9(8)13-14-10/h2-6H,1,7H2,(H,11,12,14). The summed E-state index contributed by atoms with van der Waals surface area (Å²) < 4.78 is 0. The van der Waals surface area contributed by atoms with Crippen molar-refractivity contribution in [1.82, 2.24) is 15.2 Å². The van der Waals surface area contributed by atoms with Crippen LogP contribution in [0.2, 0.25) is 0 Å². The number of nitrogens with one attached hydrogen (secondary N) is 1. The largest absolute Gasteiger partial charge is 0.349 e. The van der Waals surface area contributed by atoms with Crippen LogP contribution in [0.25, 0.3) is 11.0 Å². The van der Waals surface area contributed by atoms with Crippen molar-refractivity contribution in [3.63, 3.8) is 0 Å². The van der Waals surface area contributed by atoms with Gasteiger partial charge in [0.25, 0.3) is 0 Å². The van der Waals surface area contributed by atoms with Gasteiger partial charge in [0.1, 0.15) is 5.52 Å². The van der Waals surface area contributed by atoms with Crippen molar-refractivity contribution >= 4 is 17.0 Å². The molecule has 0 aliphatic heterocycles. The van der Waals surface area contributed by atoms with E-state index in [4.69, 9.17) is 0 Å². The number of aromatic nitrogens is 3. The molecule has 14 heavy (non-hydrogen) atoms. The molecular formula is C10H10N4. The van der Waals surface area contributed by atoms with Crippen molar-refractivity contribution in [2.24, 2.45) is 0 Å². The van der Waals surface area contributed by atoms with E-state index in [9.17, 15) is 0 Å². The lowest BCUT2D eigenvalue weighted by atomic mass is 10.3. The van der Waals surface area contributed by atoms with Gasteiger partial charge in [0.05, 0.1) is 5.52 Å². The minimum absolute atomic E-state index is 0.531. The van der Waals surface area contributed by atoms with Gasteiger partial charge in [-0.25, -0.2) is 4.98 Å². The number of nitrogens with zero attached hydrogens (tertiary/aromatic N) is 3. The number of rotatable bonds is 3. The normalized spacial score (nSPS) is 10.0. The Hall–Kier alpha value is -1.97. The number of para-hydroxylation sites is 1. The van der Waals surface area contributed by atoms with Gasteiger partial charge < -0.3 is 5.32 Å². The maximum absolute atomic E-state index is 4.28.